The predicted molar refractivity (Wildman–Crippen MR) is 84.3 cm³/mol. The number of ether oxygens (including phenoxy) is 1. The van der Waals surface area contributed by atoms with Crippen molar-refractivity contribution < 1.29 is 9.53 Å². The molecule has 2 rings (SSSR count). The largest absolute Gasteiger partial charge is 0.438 e. The summed E-state index contributed by atoms with van der Waals surface area (Å²) in [6.45, 7) is 10.4. The van der Waals surface area contributed by atoms with Crippen molar-refractivity contribution >= 4 is 6.29 Å². The smallest absolute Gasteiger partial charge is 0.222 e. The lowest BCUT2D eigenvalue weighted by Gasteiger charge is -2.23. The third-order valence-electron chi connectivity index (χ3n) is 3.34. The van der Waals surface area contributed by atoms with E-state index in [2.05, 4.69) is 38.7 Å². The summed E-state index contributed by atoms with van der Waals surface area (Å²) in [5.74, 6) is 1.34. The molecule has 0 N–H and O–H groups in total. The monoisotopic (exact) mass is 283 g/mol. The number of rotatable bonds is 3. The van der Waals surface area contributed by atoms with Gasteiger partial charge in [-0.3, -0.25) is 4.79 Å². The molecule has 0 saturated carbocycles. The van der Waals surface area contributed by atoms with Gasteiger partial charge in [0, 0.05) is 22.9 Å². The molecule has 1 heterocycles. The summed E-state index contributed by atoms with van der Waals surface area (Å²) >= 11 is 0. The van der Waals surface area contributed by atoms with E-state index in [0.717, 1.165) is 23.2 Å². The number of hydrogen-bond acceptors (Lipinski definition) is 3. The molecule has 2 aromatic rings. The highest BCUT2D eigenvalue weighted by atomic mass is 16.5. The number of hydrogen-bond donors (Lipinski definition) is 0. The van der Waals surface area contributed by atoms with Gasteiger partial charge in [0.2, 0.25) is 5.88 Å². The molecular weight excluding hydrogens is 262 g/mol. The van der Waals surface area contributed by atoms with Crippen LogP contribution in [-0.2, 0) is 5.41 Å². The number of benzene rings is 1. The molecule has 0 fully saturated rings. The van der Waals surface area contributed by atoms with Gasteiger partial charge in [-0.2, -0.15) is 0 Å². The van der Waals surface area contributed by atoms with Crippen molar-refractivity contribution in [2.45, 2.75) is 40.0 Å². The quantitative estimate of drug-likeness (QED) is 0.773. The van der Waals surface area contributed by atoms with Gasteiger partial charge in [-0.1, -0.05) is 38.5 Å². The van der Waals surface area contributed by atoms with E-state index >= 15 is 0 Å². The number of nitrogens with zero attached hydrogens (tertiary/aromatic N) is 1. The van der Waals surface area contributed by atoms with Gasteiger partial charge in [-0.15, -0.1) is 0 Å². The van der Waals surface area contributed by atoms with Crippen molar-refractivity contribution in [3.05, 3.63) is 52.7 Å². The number of aryl methyl sites for hydroxylation is 2. The molecule has 3 heteroatoms. The second-order valence-electron chi connectivity index (χ2n) is 6.36. The minimum absolute atomic E-state index is 0.0159. The lowest BCUT2D eigenvalue weighted by molar-refractivity contribution is 0.112. The first-order chi connectivity index (χ1) is 9.81. The molecule has 0 aliphatic heterocycles. The van der Waals surface area contributed by atoms with Crippen molar-refractivity contribution in [3.63, 3.8) is 0 Å². The Morgan fingerprint density at radius 1 is 1.14 bits per heavy atom. The van der Waals surface area contributed by atoms with E-state index in [1.54, 1.807) is 6.07 Å². The molecule has 0 saturated heterocycles. The Hall–Kier alpha value is -2.16. The maximum atomic E-state index is 10.8. The fourth-order valence-corrected chi connectivity index (χ4v) is 2.18. The predicted octanol–water partition coefficient (Wildman–Crippen LogP) is 4.60. The van der Waals surface area contributed by atoms with Crippen LogP contribution in [0.25, 0.3) is 0 Å². The first-order valence-electron chi connectivity index (χ1n) is 7.02. The zero-order chi connectivity index (χ0) is 15.6. The van der Waals surface area contributed by atoms with Crippen LogP contribution in [0.4, 0.5) is 0 Å². The summed E-state index contributed by atoms with van der Waals surface area (Å²) in [5, 5.41) is 0. The first kappa shape index (κ1) is 15.2. The molecular formula is C18H21NO2. The average Bonchev–Trinajstić information content (AvgIpc) is 2.41. The summed E-state index contributed by atoms with van der Waals surface area (Å²) in [7, 11) is 0. The summed E-state index contributed by atoms with van der Waals surface area (Å²) in [6, 6.07) is 7.93. The summed E-state index contributed by atoms with van der Waals surface area (Å²) in [5.41, 5.74) is 3.73. The van der Waals surface area contributed by atoms with E-state index in [1.807, 2.05) is 19.1 Å². The van der Waals surface area contributed by atoms with Crippen LogP contribution in [0, 0.1) is 13.8 Å². The Morgan fingerprint density at radius 3 is 2.43 bits per heavy atom. The second kappa shape index (κ2) is 5.68. The van der Waals surface area contributed by atoms with Gasteiger partial charge in [-0.05, 0) is 31.4 Å². The van der Waals surface area contributed by atoms with Crippen molar-refractivity contribution in [2.75, 3.05) is 0 Å². The van der Waals surface area contributed by atoms with Crippen molar-refractivity contribution in [3.8, 4) is 11.6 Å². The number of aldehydes is 1. The molecule has 0 unspecified atom stereocenters. The van der Waals surface area contributed by atoms with Crippen LogP contribution in [0.3, 0.4) is 0 Å². The van der Waals surface area contributed by atoms with Crippen LogP contribution in [0.2, 0.25) is 0 Å². The highest BCUT2D eigenvalue weighted by Crippen LogP contribution is 2.35. The number of carbonyl (C=O) groups is 1. The zero-order valence-electron chi connectivity index (χ0n) is 13.2. The SMILES string of the molecule is Cc1ccc(Oc2ncc(C=O)cc2C)c(C(C)(C)C)c1. The summed E-state index contributed by atoms with van der Waals surface area (Å²) < 4.78 is 5.99. The Bertz CT molecular complexity index is 669. The number of carbonyl (C=O) groups excluding carboxylic acids is 1. The minimum atomic E-state index is -0.0159. The van der Waals surface area contributed by atoms with E-state index in [0.29, 0.717) is 11.4 Å². The van der Waals surface area contributed by atoms with Gasteiger partial charge in [0.1, 0.15) is 5.75 Å². The van der Waals surface area contributed by atoms with E-state index in [1.165, 1.54) is 11.8 Å². The normalized spacial score (nSPS) is 11.3. The van der Waals surface area contributed by atoms with Crippen LogP contribution >= 0.6 is 0 Å². The minimum Gasteiger partial charge on any atom is -0.438 e. The number of aromatic nitrogens is 1. The highest BCUT2D eigenvalue weighted by molar-refractivity contribution is 5.74. The van der Waals surface area contributed by atoms with Crippen molar-refractivity contribution in [1.29, 1.82) is 0 Å². The van der Waals surface area contributed by atoms with Gasteiger partial charge in [0.05, 0.1) is 0 Å². The molecule has 1 aromatic heterocycles. The fourth-order valence-electron chi connectivity index (χ4n) is 2.18. The maximum absolute atomic E-state index is 10.8. The van der Waals surface area contributed by atoms with Gasteiger partial charge in [0.25, 0.3) is 0 Å². The standard InChI is InChI=1S/C18H21NO2/c1-12-6-7-16(15(8-12)18(3,4)5)21-17-13(2)9-14(11-20)10-19-17/h6-11H,1-5H3. The lowest BCUT2D eigenvalue weighted by Crippen LogP contribution is -2.13. The number of pyridine rings is 1. The van der Waals surface area contributed by atoms with E-state index < -0.39 is 0 Å². The van der Waals surface area contributed by atoms with Crippen LogP contribution in [-0.4, -0.2) is 11.3 Å². The topological polar surface area (TPSA) is 39.2 Å². The van der Waals surface area contributed by atoms with Crippen LogP contribution in [0.15, 0.2) is 30.5 Å². The van der Waals surface area contributed by atoms with E-state index in [-0.39, 0.29) is 5.41 Å². The van der Waals surface area contributed by atoms with E-state index in [4.69, 9.17) is 4.74 Å². The summed E-state index contributed by atoms with van der Waals surface area (Å²) in [6.07, 6.45) is 2.32. The lowest BCUT2D eigenvalue weighted by atomic mass is 9.85. The average molecular weight is 283 g/mol. The molecule has 0 atom stereocenters. The molecule has 0 amide bonds. The first-order valence-corrected chi connectivity index (χ1v) is 7.02. The molecule has 0 spiro atoms. The second-order valence-corrected chi connectivity index (χ2v) is 6.36. The van der Waals surface area contributed by atoms with Crippen molar-refractivity contribution in [2.24, 2.45) is 0 Å². The molecule has 110 valence electrons. The molecule has 3 nitrogen and oxygen atoms in total. The molecule has 0 bridgehead atoms. The Balaban J connectivity index is 2.42. The van der Waals surface area contributed by atoms with Crippen molar-refractivity contribution in [1.82, 2.24) is 4.98 Å². The zero-order valence-corrected chi connectivity index (χ0v) is 13.2. The Morgan fingerprint density at radius 2 is 1.86 bits per heavy atom. The summed E-state index contributed by atoms with van der Waals surface area (Å²) in [4.78, 5) is 15.0. The maximum Gasteiger partial charge on any atom is 0.222 e. The fraction of sp³-hybridized carbons (Fsp3) is 0.333. The van der Waals surface area contributed by atoms with Crippen LogP contribution in [0.1, 0.15) is 47.8 Å². The van der Waals surface area contributed by atoms with Gasteiger partial charge < -0.3 is 4.74 Å². The highest BCUT2D eigenvalue weighted by Gasteiger charge is 2.20. The van der Waals surface area contributed by atoms with E-state index in [9.17, 15) is 4.79 Å². The molecule has 0 aliphatic rings. The van der Waals surface area contributed by atoms with Crippen LogP contribution < -0.4 is 4.74 Å². The van der Waals surface area contributed by atoms with Gasteiger partial charge in [0.15, 0.2) is 6.29 Å². The van der Waals surface area contributed by atoms with Crippen LogP contribution in [0.5, 0.6) is 11.6 Å². The Labute approximate surface area is 126 Å². The van der Waals surface area contributed by atoms with Gasteiger partial charge >= 0.3 is 0 Å². The molecule has 0 aliphatic carbocycles. The molecule has 0 radical (unpaired) electrons. The van der Waals surface area contributed by atoms with Gasteiger partial charge in [-0.25, -0.2) is 4.98 Å². The molecule has 1 aromatic carbocycles. The Kier molecular flexibility index (Phi) is 4.12. The molecule has 21 heavy (non-hydrogen) atoms. The third-order valence-corrected chi connectivity index (χ3v) is 3.34. The third kappa shape index (κ3) is 3.48.